The highest BCUT2D eigenvalue weighted by atomic mass is 32.1. The highest BCUT2D eigenvalue weighted by Crippen LogP contribution is 2.21. The van der Waals surface area contributed by atoms with Crippen LogP contribution in [-0.4, -0.2) is 43.1 Å². The van der Waals surface area contributed by atoms with Crippen LogP contribution in [0.25, 0.3) is 0 Å². The molecular weight excluding hydrogens is 350 g/mol. The molecule has 6 nitrogen and oxygen atoms in total. The van der Waals surface area contributed by atoms with Crippen LogP contribution in [0.4, 0.5) is 5.69 Å². The molecule has 0 bridgehead atoms. The summed E-state index contributed by atoms with van der Waals surface area (Å²) in [5.41, 5.74) is 4.42. The highest BCUT2D eigenvalue weighted by Gasteiger charge is 2.21. The minimum Gasteiger partial charge on any atom is -0.465 e. The van der Waals surface area contributed by atoms with Gasteiger partial charge in [0.05, 0.1) is 23.9 Å². The van der Waals surface area contributed by atoms with Crippen molar-refractivity contribution in [1.82, 2.24) is 10.3 Å². The molecule has 2 heterocycles. The van der Waals surface area contributed by atoms with Crippen molar-refractivity contribution in [1.29, 1.82) is 0 Å². The summed E-state index contributed by atoms with van der Waals surface area (Å²) in [6, 6.07) is 7.68. The third-order valence-electron chi connectivity index (χ3n) is 4.61. The number of hydrogen-bond donors (Lipinski definition) is 1. The Labute approximate surface area is 157 Å². The number of piperidine rings is 1. The van der Waals surface area contributed by atoms with Crippen molar-refractivity contribution in [3.05, 3.63) is 46.4 Å². The number of thiazole rings is 1. The van der Waals surface area contributed by atoms with E-state index in [1.54, 1.807) is 29.0 Å². The van der Waals surface area contributed by atoms with Gasteiger partial charge in [0.25, 0.3) is 0 Å². The van der Waals surface area contributed by atoms with E-state index < -0.39 is 0 Å². The number of aryl methyl sites for hydroxylation is 1. The van der Waals surface area contributed by atoms with Gasteiger partial charge in [-0.1, -0.05) is 0 Å². The topological polar surface area (TPSA) is 71.5 Å². The summed E-state index contributed by atoms with van der Waals surface area (Å²) < 4.78 is 4.72. The molecular formula is C19H23N3O3S. The van der Waals surface area contributed by atoms with Crippen molar-refractivity contribution in [2.45, 2.75) is 31.7 Å². The number of amides is 1. The molecule has 0 atom stereocenters. The zero-order chi connectivity index (χ0) is 18.4. The lowest BCUT2D eigenvalue weighted by Crippen LogP contribution is -2.44. The molecule has 1 aliphatic rings. The van der Waals surface area contributed by atoms with E-state index >= 15 is 0 Å². The number of esters is 1. The van der Waals surface area contributed by atoms with Gasteiger partial charge in [-0.2, -0.15) is 0 Å². The molecule has 0 spiro atoms. The summed E-state index contributed by atoms with van der Waals surface area (Å²) in [6.45, 7) is 1.77. The summed E-state index contributed by atoms with van der Waals surface area (Å²) in [7, 11) is 1.38. The van der Waals surface area contributed by atoms with Gasteiger partial charge in [0.15, 0.2) is 0 Å². The van der Waals surface area contributed by atoms with Gasteiger partial charge in [0, 0.05) is 36.6 Å². The molecule has 0 aliphatic carbocycles. The first kappa shape index (κ1) is 18.4. The quantitative estimate of drug-likeness (QED) is 0.788. The van der Waals surface area contributed by atoms with Gasteiger partial charge >= 0.3 is 5.97 Å². The number of anilines is 1. The Morgan fingerprint density at radius 1 is 1.27 bits per heavy atom. The van der Waals surface area contributed by atoms with Gasteiger partial charge < -0.3 is 15.0 Å². The van der Waals surface area contributed by atoms with Crippen LogP contribution in [0.1, 0.15) is 35.3 Å². The second kappa shape index (κ2) is 8.80. The number of benzene rings is 1. The first-order valence-corrected chi connectivity index (χ1v) is 9.70. The smallest absolute Gasteiger partial charge is 0.337 e. The lowest BCUT2D eigenvalue weighted by atomic mass is 10.0. The van der Waals surface area contributed by atoms with Crippen LogP contribution in [0.15, 0.2) is 35.2 Å². The average Bonchev–Trinajstić information content (AvgIpc) is 3.20. The number of aromatic nitrogens is 1. The molecule has 3 rings (SSSR count). The number of methoxy groups -OCH3 is 1. The van der Waals surface area contributed by atoms with Crippen LogP contribution in [0.5, 0.6) is 0 Å². The first-order chi connectivity index (χ1) is 12.7. The summed E-state index contributed by atoms with van der Waals surface area (Å²) in [5.74, 6) is -0.227. The van der Waals surface area contributed by atoms with Crippen LogP contribution in [0, 0.1) is 0 Å². The number of carbonyl (C=O) groups excluding carboxylic acids is 2. The molecule has 1 fully saturated rings. The molecule has 0 unspecified atom stereocenters. The second-order valence-electron chi connectivity index (χ2n) is 6.35. The third-order valence-corrected chi connectivity index (χ3v) is 5.24. The normalized spacial score (nSPS) is 14.9. The average molecular weight is 373 g/mol. The second-order valence-corrected chi connectivity index (χ2v) is 7.07. The van der Waals surface area contributed by atoms with Gasteiger partial charge in [-0.15, -0.1) is 11.3 Å². The van der Waals surface area contributed by atoms with Crippen molar-refractivity contribution >= 4 is 28.9 Å². The Balaban J connectivity index is 1.43. The molecule has 7 heteroatoms. The molecule has 2 aromatic rings. The Kier molecular flexibility index (Phi) is 6.22. The minimum atomic E-state index is -0.323. The SMILES string of the molecule is COC(=O)c1ccc(N2CCC(NC(=O)CCc3cscn3)CC2)cc1. The standard InChI is InChI=1S/C19H23N3O3S/c1-25-19(24)14-2-5-17(6-3-14)22-10-8-15(9-11-22)21-18(23)7-4-16-12-26-13-20-16/h2-3,5-6,12-13,15H,4,7-11H2,1H3,(H,21,23). The van der Waals surface area contributed by atoms with Gasteiger partial charge in [-0.25, -0.2) is 9.78 Å². The largest absolute Gasteiger partial charge is 0.465 e. The third kappa shape index (κ3) is 4.82. The van der Waals surface area contributed by atoms with E-state index in [9.17, 15) is 9.59 Å². The van der Waals surface area contributed by atoms with Gasteiger partial charge in [0.1, 0.15) is 0 Å². The van der Waals surface area contributed by atoms with Gasteiger partial charge in [-0.05, 0) is 43.5 Å². The maximum absolute atomic E-state index is 12.1. The molecule has 1 amide bonds. The molecule has 1 aliphatic heterocycles. The van der Waals surface area contributed by atoms with Gasteiger partial charge in [-0.3, -0.25) is 4.79 Å². The number of nitrogens with zero attached hydrogens (tertiary/aromatic N) is 2. The number of nitrogens with one attached hydrogen (secondary N) is 1. The predicted molar refractivity (Wildman–Crippen MR) is 102 cm³/mol. The van der Waals surface area contributed by atoms with E-state index in [-0.39, 0.29) is 17.9 Å². The fourth-order valence-electron chi connectivity index (χ4n) is 3.11. The van der Waals surface area contributed by atoms with Crippen LogP contribution in [-0.2, 0) is 16.0 Å². The first-order valence-electron chi connectivity index (χ1n) is 8.75. The Hall–Kier alpha value is -2.41. The fraction of sp³-hybridized carbons (Fsp3) is 0.421. The molecule has 138 valence electrons. The zero-order valence-electron chi connectivity index (χ0n) is 14.8. The van der Waals surface area contributed by atoms with E-state index in [0.717, 1.165) is 37.3 Å². The summed E-state index contributed by atoms with van der Waals surface area (Å²) in [5, 5.41) is 5.12. The van der Waals surface area contributed by atoms with Crippen LogP contribution < -0.4 is 10.2 Å². The van der Waals surface area contributed by atoms with Gasteiger partial charge in [0.2, 0.25) is 5.91 Å². The van der Waals surface area contributed by atoms with Crippen LogP contribution >= 0.6 is 11.3 Å². The zero-order valence-corrected chi connectivity index (χ0v) is 15.6. The number of rotatable bonds is 6. The molecule has 1 N–H and O–H groups in total. The van der Waals surface area contributed by atoms with E-state index in [2.05, 4.69) is 15.2 Å². The van der Waals surface area contributed by atoms with Crippen molar-refractivity contribution in [3.8, 4) is 0 Å². The van der Waals surface area contributed by atoms with E-state index in [4.69, 9.17) is 4.74 Å². The maximum atomic E-state index is 12.1. The minimum absolute atomic E-state index is 0.0962. The number of hydrogen-bond acceptors (Lipinski definition) is 6. The van der Waals surface area contributed by atoms with Crippen LogP contribution in [0.3, 0.4) is 0 Å². The van der Waals surface area contributed by atoms with Crippen molar-refractivity contribution in [2.75, 3.05) is 25.1 Å². The highest BCUT2D eigenvalue weighted by molar-refractivity contribution is 7.07. The molecule has 0 saturated carbocycles. The maximum Gasteiger partial charge on any atom is 0.337 e. The van der Waals surface area contributed by atoms with E-state index in [1.165, 1.54) is 7.11 Å². The molecule has 26 heavy (non-hydrogen) atoms. The molecule has 0 radical (unpaired) electrons. The Morgan fingerprint density at radius 3 is 2.62 bits per heavy atom. The summed E-state index contributed by atoms with van der Waals surface area (Å²) in [4.78, 5) is 30.1. The number of carbonyl (C=O) groups is 2. The van der Waals surface area contributed by atoms with E-state index in [1.807, 2.05) is 17.5 Å². The van der Waals surface area contributed by atoms with E-state index in [0.29, 0.717) is 18.4 Å². The summed E-state index contributed by atoms with van der Waals surface area (Å²) in [6.07, 6.45) is 3.02. The van der Waals surface area contributed by atoms with Crippen LogP contribution in [0.2, 0.25) is 0 Å². The molecule has 1 aromatic carbocycles. The van der Waals surface area contributed by atoms with Crippen molar-refractivity contribution < 1.29 is 14.3 Å². The fourth-order valence-corrected chi connectivity index (χ4v) is 3.70. The van der Waals surface area contributed by atoms with Crippen molar-refractivity contribution in [2.24, 2.45) is 0 Å². The monoisotopic (exact) mass is 373 g/mol. The molecule has 1 aromatic heterocycles. The summed E-state index contributed by atoms with van der Waals surface area (Å²) >= 11 is 1.55. The lowest BCUT2D eigenvalue weighted by molar-refractivity contribution is -0.121. The Bertz CT molecular complexity index is 723. The Morgan fingerprint density at radius 2 is 2.00 bits per heavy atom. The molecule has 1 saturated heterocycles. The lowest BCUT2D eigenvalue weighted by Gasteiger charge is -2.34. The number of ether oxygens (including phenoxy) is 1. The van der Waals surface area contributed by atoms with Crippen molar-refractivity contribution in [3.63, 3.8) is 0 Å². The predicted octanol–water partition coefficient (Wildman–Crippen LogP) is 2.65.